The first-order chi connectivity index (χ1) is 6.53. The summed E-state index contributed by atoms with van der Waals surface area (Å²) < 4.78 is 25.5. The second kappa shape index (κ2) is 5.06. The molecular weight excluding hydrogens is 204 g/mol. The molecule has 1 saturated heterocycles. The molecule has 1 aliphatic heterocycles. The molecular formula is C8H18N2O3S. The average Bonchev–Trinajstić information content (AvgIpc) is 2.47. The van der Waals surface area contributed by atoms with E-state index in [0.717, 1.165) is 19.5 Å². The Labute approximate surface area is 85.2 Å². The summed E-state index contributed by atoms with van der Waals surface area (Å²) in [4.78, 5) is 2.10. The van der Waals surface area contributed by atoms with Crippen molar-refractivity contribution in [2.45, 2.75) is 18.9 Å². The van der Waals surface area contributed by atoms with Crippen LogP contribution in [0.4, 0.5) is 0 Å². The highest BCUT2D eigenvalue weighted by Crippen LogP contribution is 2.07. The van der Waals surface area contributed by atoms with Crippen LogP contribution in [0.2, 0.25) is 0 Å². The van der Waals surface area contributed by atoms with Crippen molar-refractivity contribution in [2.75, 3.05) is 32.5 Å². The third-order valence-electron chi connectivity index (χ3n) is 2.31. The number of sulfonamides is 1. The first-order valence-corrected chi connectivity index (χ1v) is 6.48. The fraction of sp³-hybridized carbons (Fsp3) is 1.00. The van der Waals surface area contributed by atoms with Crippen molar-refractivity contribution < 1.29 is 13.5 Å². The molecule has 0 aromatic carbocycles. The molecule has 1 unspecified atom stereocenters. The fourth-order valence-electron chi connectivity index (χ4n) is 1.60. The predicted octanol–water partition coefficient (Wildman–Crippen LogP) is -1.01. The van der Waals surface area contributed by atoms with Crippen molar-refractivity contribution in [1.82, 2.24) is 9.62 Å². The molecule has 6 heteroatoms. The molecule has 84 valence electrons. The lowest BCUT2D eigenvalue weighted by Crippen LogP contribution is -2.38. The molecule has 0 radical (unpaired) electrons. The van der Waals surface area contributed by atoms with Crippen LogP contribution in [0.1, 0.15) is 12.8 Å². The summed E-state index contributed by atoms with van der Waals surface area (Å²) >= 11 is 0. The van der Waals surface area contributed by atoms with Crippen molar-refractivity contribution in [1.29, 1.82) is 0 Å². The van der Waals surface area contributed by atoms with Gasteiger partial charge in [0.1, 0.15) is 0 Å². The number of likely N-dealkylation sites (tertiary alicyclic amines) is 1. The van der Waals surface area contributed by atoms with Crippen molar-refractivity contribution in [3.05, 3.63) is 0 Å². The minimum Gasteiger partial charge on any atom is -0.396 e. The quantitative estimate of drug-likeness (QED) is 0.625. The average molecular weight is 222 g/mol. The Morgan fingerprint density at radius 3 is 2.79 bits per heavy atom. The Morgan fingerprint density at radius 2 is 2.29 bits per heavy atom. The van der Waals surface area contributed by atoms with E-state index in [1.54, 1.807) is 0 Å². The first kappa shape index (κ1) is 11.9. The van der Waals surface area contributed by atoms with Crippen molar-refractivity contribution in [2.24, 2.45) is 0 Å². The largest absolute Gasteiger partial charge is 0.396 e. The summed E-state index contributed by atoms with van der Waals surface area (Å²) in [5.41, 5.74) is 0. The standard InChI is InChI=1S/C8H18N2O3S/c1-10-4-3-8(7-10)9-14(12,13)6-2-5-11/h8-9,11H,2-7H2,1H3. The lowest BCUT2D eigenvalue weighted by molar-refractivity contribution is 0.295. The van der Waals surface area contributed by atoms with Gasteiger partial charge in [-0.1, -0.05) is 0 Å². The van der Waals surface area contributed by atoms with Gasteiger partial charge in [-0.15, -0.1) is 0 Å². The number of nitrogens with one attached hydrogen (secondary N) is 1. The highest BCUT2D eigenvalue weighted by molar-refractivity contribution is 7.89. The van der Waals surface area contributed by atoms with Crippen LogP contribution in [-0.2, 0) is 10.0 Å². The van der Waals surface area contributed by atoms with E-state index >= 15 is 0 Å². The van der Waals surface area contributed by atoms with Gasteiger partial charge in [-0.2, -0.15) is 0 Å². The highest BCUT2D eigenvalue weighted by atomic mass is 32.2. The van der Waals surface area contributed by atoms with Crippen molar-refractivity contribution in [3.63, 3.8) is 0 Å². The Bertz CT molecular complexity index is 266. The molecule has 1 fully saturated rings. The lowest BCUT2D eigenvalue weighted by atomic mass is 10.3. The van der Waals surface area contributed by atoms with Gasteiger partial charge in [0, 0.05) is 19.2 Å². The van der Waals surface area contributed by atoms with E-state index < -0.39 is 10.0 Å². The van der Waals surface area contributed by atoms with E-state index in [1.807, 2.05) is 7.05 Å². The maximum absolute atomic E-state index is 11.4. The number of hydrogen-bond donors (Lipinski definition) is 2. The van der Waals surface area contributed by atoms with E-state index in [4.69, 9.17) is 5.11 Å². The Hall–Kier alpha value is -0.170. The Kier molecular flexibility index (Phi) is 4.31. The number of aliphatic hydroxyl groups excluding tert-OH is 1. The van der Waals surface area contributed by atoms with Crippen LogP contribution in [0.5, 0.6) is 0 Å². The van der Waals surface area contributed by atoms with Crippen LogP contribution < -0.4 is 4.72 Å². The molecule has 0 aliphatic carbocycles. The van der Waals surface area contributed by atoms with E-state index in [-0.39, 0.29) is 18.4 Å². The summed E-state index contributed by atoms with van der Waals surface area (Å²) in [5, 5.41) is 8.53. The van der Waals surface area contributed by atoms with Crippen LogP contribution in [0.3, 0.4) is 0 Å². The molecule has 0 aromatic rings. The van der Waals surface area contributed by atoms with Gasteiger partial charge in [0.2, 0.25) is 10.0 Å². The second-order valence-electron chi connectivity index (χ2n) is 3.76. The summed E-state index contributed by atoms with van der Waals surface area (Å²) in [6, 6.07) is 0.0451. The highest BCUT2D eigenvalue weighted by Gasteiger charge is 2.23. The molecule has 0 bridgehead atoms. The molecule has 1 atom stereocenters. The molecule has 0 amide bonds. The van der Waals surface area contributed by atoms with Crippen LogP contribution in [0, 0.1) is 0 Å². The van der Waals surface area contributed by atoms with Gasteiger partial charge >= 0.3 is 0 Å². The summed E-state index contributed by atoms with van der Waals surface area (Å²) in [6.45, 7) is 1.64. The van der Waals surface area contributed by atoms with Gasteiger partial charge in [0.15, 0.2) is 0 Å². The topological polar surface area (TPSA) is 69.6 Å². The summed E-state index contributed by atoms with van der Waals surface area (Å²) in [6.07, 6.45) is 1.17. The van der Waals surface area contributed by atoms with Gasteiger partial charge in [-0.3, -0.25) is 0 Å². The van der Waals surface area contributed by atoms with Crippen LogP contribution in [0.25, 0.3) is 0 Å². The number of hydrogen-bond acceptors (Lipinski definition) is 4. The van der Waals surface area contributed by atoms with E-state index in [2.05, 4.69) is 9.62 Å². The molecule has 5 nitrogen and oxygen atoms in total. The predicted molar refractivity (Wildman–Crippen MR) is 54.5 cm³/mol. The summed E-state index contributed by atoms with van der Waals surface area (Å²) in [5.74, 6) is 0.0176. The van der Waals surface area contributed by atoms with Crippen molar-refractivity contribution >= 4 is 10.0 Å². The minimum absolute atomic E-state index is 0.0176. The molecule has 14 heavy (non-hydrogen) atoms. The van der Waals surface area contributed by atoms with E-state index in [9.17, 15) is 8.42 Å². The minimum atomic E-state index is -3.19. The van der Waals surface area contributed by atoms with Crippen molar-refractivity contribution in [3.8, 4) is 0 Å². The van der Waals surface area contributed by atoms with Gasteiger partial charge in [0.05, 0.1) is 5.75 Å². The maximum Gasteiger partial charge on any atom is 0.211 e. The maximum atomic E-state index is 11.4. The van der Waals surface area contributed by atoms with Crippen LogP contribution >= 0.6 is 0 Å². The molecule has 1 rings (SSSR count). The fourth-order valence-corrected chi connectivity index (χ4v) is 2.93. The monoisotopic (exact) mass is 222 g/mol. The molecule has 0 saturated carbocycles. The molecule has 0 aromatic heterocycles. The zero-order valence-electron chi connectivity index (χ0n) is 8.44. The summed E-state index contributed by atoms with van der Waals surface area (Å²) in [7, 11) is -1.21. The molecule has 0 spiro atoms. The molecule has 1 heterocycles. The zero-order chi connectivity index (χ0) is 10.6. The Balaban J connectivity index is 2.35. The van der Waals surface area contributed by atoms with E-state index in [1.165, 1.54) is 0 Å². The van der Waals surface area contributed by atoms with Crippen LogP contribution in [0.15, 0.2) is 0 Å². The van der Waals surface area contributed by atoms with E-state index in [0.29, 0.717) is 6.42 Å². The zero-order valence-corrected chi connectivity index (χ0v) is 9.26. The SMILES string of the molecule is CN1CCC(NS(=O)(=O)CCCO)C1. The number of aliphatic hydroxyl groups is 1. The van der Waals surface area contributed by atoms with Gasteiger partial charge in [-0.05, 0) is 26.4 Å². The second-order valence-corrected chi connectivity index (χ2v) is 5.64. The molecule has 1 aliphatic rings. The number of rotatable bonds is 5. The van der Waals surface area contributed by atoms with Gasteiger partial charge in [0.25, 0.3) is 0 Å². The van der Waals surface area contributed by atoms with Gasteiger partial charge in [-0.25, -0.2) is 13.1 Å². The normalized spacial score (nSPS) is 24.3. The number of likely N-dealkylation sites (N-methyl/N-ethyl adjacent to an activating group) is 1. The Morgan fingerprint density at radius 1 is 1.57 bits per heavy atom. The molecule has 2 N–H and O–H groups in total. The lowest BCUT2D eigenvalue weighted by Gasteiger charge is -2.12. The third-order valence-corrected chi connectivity index (χ3v) is 3.83. The third kappa shape index (κ3) is 3.91. The first-order valence-electron chi connectivity index (χ1n) is 4.83. The van der Waals surface area contributed by atoms with Gasteiger partial charge < -0.3 is 10.0 Å². The number of nitrogens with zero attached hydrogens (tertiary/aromatic N) is 1. The van der Waals surface area contributed by atoms with Crippen LogP contribution in [-0.4, -0.2) is 57.0 Å². The smallest absolute Gasteiger partial charge is 0.211 e.